The summed E-state index contributed by atoms with van der Waals surface area (Å²) in [5.41, 5.74) is 3.49. The maximum absolute atomic E-state index is 9.10. The molecule has 1 N–H and O–H groups in total. The minimum absolute atomic E-state index is 0.0934. The molecule has 0 saturated carbocycles. The number of ether oxygens (including phenoxy) is 1. The largest absolute Gasteiger partial charge is 0.392 e. The first-order valence-corrected chi connectivity index (χ1v) is 5.86. The summed E-state index contributed by atoms with van der Waals surface area (Å²) >= 11 is 3.50. The lowest BCUT2D eigenvalue weighted by Crippen LogP contribution is -1.97. The Morgan fingerprint density at radius 1 is 1.40 bits per heavy atom. The van der Waals surface area contributed by atoms with Crippen LogP contribution >= 0.6 is 15.9 Å². The fraction of sp³-hybridized carbons (Fsp3) is 0.500. The molecule has 1 aromatic carbocycles. The van der Waals surface area contributed by atoms with Gasteiger partial charge in [0.1, 0.15) is 0 Å². The van der Waals surface area contributed by atoms with Gasteiger partial charge in [-0.1, -0.05) is 22.0 Å². The molecule has 2 nitrogen and oxygen atoms in total. The third-order valence-corrected chi connectivity index (χ3v) is 3.31. The number of aliphatic hydroxyl groups excluding tert-OH is 1. The topological polar surface area (TPSA) is 29.5 Å². The van der Waals surface area contributed by atoms with Gasteiger partial charge in [-0.3, -0.25) is 0 Å². The monoisotopic (exact) mass is 272 g/mol. The third-order valence-electron chi connectivity index (χ3n) is 2.49. The lowest BCUT2D eigenvalue weighted by Gasteiger charge is -2.10. The molecule has 0 aliphatic heterocycles. The van der Waals surface area contributed by atoms with E-state index in [0.717, 1.165) is 29.5 Å². The number of aryl methyl sites for hydroxylation is 1. The smallest absolute Gasteiger partial charge is 0.0682 e. The highest BCUT2D eigenvalue weighted by Crippen LogP contribution is 2.23. The van der Waals surface area contributed by atoms with Gasteiger partial charge in [-0.25, -0.2) is 0 Å². The van der Waals surface area contributed by atoms with Gasteiger partial charge in [0.05, 0.1) is 6.61 Å². The second-order valence-electron chi connectivity index (χ2n) is 3.62. The number of aliphatic hydroxyl groups is 1. The van der Waals surface area contributed by atoms with Crippen molar-refractivity contribution in [2.45, 2.75) is 26.4 Å². The van der Waals surface area contributed by atoms with E-state index in [0.29, 0.717) is 0 Å². The van der Waals surface area contributed by atoms with E-state index in [9.17, 15) is 0 Å². The Labute approximate surface area is 99.4 Å². The van der Waals surface area contributed by atoms with E-state index in [4.69, 9.17) is 9.84 Å². The van der Waals surface area contributed by atoms with E-state index >= 15 is 0 Å². The molecule has 0 fully saturated rings. The average molecular weight is 273 g/mol. The van der Waals surface area contributed by atoms with Gasteiger partial charge in [0.15, 0.2) is 0 Å². The first-order chi connectivity index (χ1) is 7.19. The molecule has 84 valence electrons. The Morgan fingerprint density at radius 3 is 2.73 bits per heavy atom. The number of rotatable bonds is 5. The maximum Gasteiger partial charge on any atom is 0.0682 e. The SMILES string of the molecule is COCCCc1cc(CO)cc(Br)c1C. The fourth-order valence-electron chi connectivity index (χ4n) is 1.56. The van der Waals surface area contributed by atoms with Crippen LogP contribution in [-0.4, -0.2) is 18.8 Å². The Bertz CT molecular complexity index is 324. The molecule has 0 heterocycles. The van der Waals surface area contributed by atoms with E-state index in [-0.39, 0.29) is 6.61 Å². The lowest BCUT2D eigenvalue weighted by atomic mass is 10.0. The lowest BCUT2D eigenvalue weighted by molar-refractivity contribution is 0.195. The summed E-state index contributed by atoms with van der Waals surface area (Å²) in [7, 11) is 1.72. The number of methoxy groups -OCH3 is 1. The highest BCUT2D eigenvalue weighted by atomic mass is 79.9. The van der Waals surface area contributed by atoms with Crippen molar-refractivity contribution in [1.82, 2.24) is 0 Å². The highest BCUT2D eigenvalue weighted by Gasteiger charge is 2.04. The Hall–Kier alpha value is -0.380. The van der Waals surface area contributed by atoms with Crippen molar-refractivity contribution in [2.24, 2.45) is 0 Å². The van der Waals surface area contributed by atoms with Crippen molar-refractivity contribution >= 4 is 15.9 Å². The predicted molar refractivity (Wildman–Crippen MR) is 65.0 cm³/mol. The molecule has 0 aliphatic carbocycles. The molecule has 0 aromatic heterocycles. The molecular weight excluding hydrogens is 256 g/mol. The molecule has 0 unspecified atom stereocenters. The quantitative estimate of drug-likeness (QED) is 0.836. The van der Waals surface area contributed by atoms with Crippen LogP contribution < -0.4 is 0 Å². The molecule has 0 aliphatic rings. The van der Waals surface area contributed by atoms with Crippen LogP contribution in [0, 0.1) is 6.92 Å². The Balaban J connectivity index is 2.80. The van der Waals surface area contributed by atoms with E-state index in [1.54, 1.807) is 7.11 Å². The Kier molecular flexibility index (Phi) is 5.29. The maximum atomic E-state index is 9.10. The zero-order chi connectivity index (χ0) is 11.3. The zero-order valence-electron chi connectivity index (χ0n) is 9.22. The summed E-state index contributed by atoms with van der Waals surface area (Å²) in [4.78, 5) is 0. The second kappa shape index (κ2) is 6.26. The summed E-state index contributed by atoms with van der Waals surface area (Å²) in [5, 5.41) is 9.10. The molecular formula is C12H17BrO2. The zero-order valence-corrected chi connectivity index (χ0v) is 10.8. The van der Waals surface area contributed by atoms with Gasteiger partial charge in [0, 0.05) is 18.2 Å². The van der Waals surface area contributed by atoms with E-state index < -0.39 is 0 Å². The van der Waals surface area contributed by atoms with E-state index in [2.05, 4.69) is 28.9 Å². The molecule has 0 bridgehead atoms. The van der Waals surface area contributed by atoms with Gasteiger partial charge >= 0.3 is 0 Å². The van der Waals surface area contributed by atoms with Crippen molar-refractivity contribution in [3.8, 4) is 0 Å². The van der Waals surface area contributed by atoms with Crippen molar-refractivity contribution in [3.05, 3.63) is 33.3 Å². The van der Waals surface area contributed by atoms with Crippen LogP contribution in [0.3, 0.4) is 0 Å². The van der Waals surface area contributed by atoms with Crippen LogP contribution in [0.15, 0.2) is 16.6 Å². The third kappa shape index (κ3) is 3.59. The molecule has 1 aromatic rings. The van der Waals surface area contributed by atoms with Crippen molar-refractivity contribution < 1.29 is 9.84 Å². The van der Waals surface area contributed by atoms with Gasteiger partial charge in [0.25, 0.3) is 0 Å². The molecule has 0 spiro atoms. The molecule has 0 radical (unpaired) electrons. The summed E-state index contributed by atoms with van der Waals surface area (Å²) in [6.07, 6.45) is 2.00. The van der Waals surface area contributed by atoms with Crippen LogP contribution in [0.4, 0.5) is 0 Å². The van der Waals surface area contributed by atoms with Crippen LogP contribution in [0.25, 0.3) is 0 Å². The van der Waals surface area contributed by atoms with Crippen molar-refractivity contribution in [2.75, 3.05) is 13.7 Å². The predicted octanol–water partition coefficient (Wildman–Crippen LogP) is 2.83. The molecule has 1 rings (SSSR count). The van der Waals surface area contributed by atoms with Crippen LogP contribution in [0.2, 0.25) is 0 Å². The Morgan fingerprint density at radius 2 is 2.13 bits per heavy atom. The number of hydrogen-bond acceptors (Lipinski definition) is 2. The number of halogens is 1. The normalized spacial score (nSPS) is 10.7. The average Bonchev–Trinajstić information content (AvgIpc) is 2.24. The number of hydrogen-bond donors (Lipinski definition) is 1. The van der Waals surface area contributed by atoms with Gasteiger partial charge in [-0.2, -0.15) is 0 Å². The highest BCUT2D eigenvalue weighted by molar-refractivity contribution is 9.10. The molecule has 0 atom stereocenters. The second-order valence-corrected chi connectivity index (χ2v) is 4.47. The molecule has 0 saturated heterocycles. The minimum Gasteiger partial charge on any atom is -0.392 e. The summed E-state index contributed by atoms with van der Waals surface area (Å²) in [5.74, 6) is 0. The van der Waals surface area contributed by atoms with Gasteiger partial charge in [-0.05, 0) is 42.5 Å². The summed E-state index contributed by atoms with van der Waals surface area (Å²) in [6, 6.07) is 4.03. The fourth-order valence-corrected chi connectivity index (χ4v) is 2.10. The van der Waals surface area contributed by atoms with Crippen molar-refractivity contribution in [1.29, 1.82) is 0 Å². The van der Waals surface area contributed by atoms with Gasteiger partial charge < -0.3 is 9.84 Å². The van der Waals surface area contributed by atoms with Gasteiger partial charge in [-0.15, -0.1) is 0 Å². The summed E-state index contributed by atoms with van der Waals surface area (Å²) in [6.45, 7) is 2.96. The van der Waals surface area contributed by atoms with E-state index in [1.165, 1.54) is 11.1 Å². The standard InChI is InChI=1S/C12H17BrO2/c1-9-11(4-3-5-15-2)6-10(8-14)7-12(9)13/h6-7,14H,3-5,8H2,1-2H3. The first-order valence-electron chi connectivity index (χ1n) is 5.06. The molecule has 3 heteroatoms. The molecule has 15 heavy (non-hydrogen) atoms. The van der Waals surface area contributed by atoms with Gasteiger partial charge in [0.2, 0.25) is 0 Å². The van der Waals surface area contributed by atoms with Crippen LogP contribution in [-0.2, 0) is 17.8 Å². The molecule has 0 amide bonds. The number of benzene rings is 1. The minimum atomic E-state index is 0.0934. The van der Waals surface area contributed by atoms with Crippen LogP contribution in [0.5, 0.6) is 0 Å². The summed E-state index contributed by atoms with van der Waals surface area (Å²) < 4.78 is 6.10. The van der Waals surface area contributed by atoms with Crippen LogP contribution in [0.1, 0.15) is 23.1 Å². The van der Waals surface area contributed by atoms with Crippen molar-refractivity contribution in [3.63, 3.8) is 0 Å². The first kappa shape index (κ1) is 12.7. The van der Waals surface area contributed by atoms with E-state index in [1.807, 2.05) is 6.07 Å².